The summed E-state index contributed by atoms with van der Waals surface area (Å²) >= 11 is 5.92. The van der Waals surface area contributed by atoms with Gasteiger partial charge in [0.1, 0.15) is 11.6 Å². The number of halogens is 3. The van der Waals surface area contributed by atoms with Gasteiger partial charge in [0.15, 0.2) is 5.69 Å². The van der Waals surface area contributed by atoms with Gasteiger partial charge >= 0.3 is 0 Å². The molecule has 0 aliphatic carbocycles. The standard InChI is InChI=1S/C18H12ClF2N3O3S/c19-14-9-22-18(28(26,27)10-11-3-1-2-4-15(11)21)24-16(14)17(25)23-13-7-5-12(20)6-8-13/h1-9H,10H2,(H,23,25). The van der Waals surface area contributed by atoms with E-state index in [4.69, 9.17) is 11.6 Å². The lowest BCUT2D eigenvalue weighted by Gasteiger charge is -2.08. The second-order valence-electron chi connectivity index (χ2n) is 5.66. The molecule has 0 radical (unpaired) electrons. The van der Waals surface area contributed by atoms with Crippen molar-refractivity contribution >= 4 is 33.0 Å². The molecule has 1 amide bonds. The molecular weight excluding hydrogens is 412 g/mol. The normalized spacial score (nSPS) is 11.2. The van der Waals surface area contributed by atoms with Gasteiger partial charge in [-0.3, -0.25) is 4.79 Å². The van der Waals surface area contributed by atoms with Crippen LogP contribution in [0.15, 0.2) is 59.9 Å². The van der Waals surface area contributed by atoms with Crippen LogP contribution in [0.4, 0.5) is 14.5 Å². The van der Waals surface area contributed by atoms with Crippen LogP contribution in [0.25, 0.3) is 0 Å². The van der Waals surface area contributed by atoms with Gasteiger partial charge in [-0.05, 0) is 30.3 Å². The van der Waals surface area contributed by atoms with E-state index in [9.17, 15) is 22.0 Å². The van der Waals surface area contributed by atoms with E-state index >= 15 is 0 Å². The number of anilines is 1. The van der Waals surface area contributed by atoms with Gasteiger partial charge in [-0.2, -0.15) is 0 Å². The minimum absolute atomic E-state index is 0.0571. The fraction of sp³-hybridized carbons (Fsp3) is 0.0556. The molecule has 0 unspecified atom stereocenters. The Morgan fingerprint density at radius 3 is 2.43 bits per heavy atom. The third-order valence-electron chi connectivity index (χ3n) is 3.62. The molecule has 0 saturated carbocycles. The van der Waals surface area contributed by atoms with Gasteiger partial charge in [0.05, 0.1) is 17.0 Å². The molecule has 0 atom stereocenters. The first-order chi connectivity index (χ1) is 13.3. The van der Waals surface area contributed by atoms with Crippen LogP contribution in [0, 0.1) is 11.6 Å². The van der Waals surface area contributed by atoms with Crippen molar-refractivity contribution in [1.29, 1.82) is 0 Å². The minimum Gasteiger partial charge on any atom is -0.321 e. The van der Waals surface area contributed by atoms with Crippen LogP contribution in [-0.4, -0.2) is 24.3 Å². The number of carbonyl (C=O) groups excluding carboxylic acids is 1. The zero-order valence-corrected chi connectivity index (χ0v) is 15.6. The van der Waals surface area contributed by atoms with E-state index in [1.165, 1.54) is 30.3 Å². The number of amides is 1. The predicted molar refractivity (Wildman–Crippen MR) is 98.7 cm³/mol. The topological polar surface area (TPSA) is 89.0 Å². The van der Waals surface area contributed by atoms with Gasteiger partial charge in [0, 0.05) is 11.3 Å². The number of carbonyl (C=O) groups is 1. The Labute approximate surface area is 164 Å². The summed E-state index contributed by atoms with van der Waals surface area (Å²) in [5.41, 5.74) is -0.177. The highest BCUT2D eigenvalue weighted by molar-refractivity contribution is 7.90. The number of hydrogen-bond acceptors (Lipinski definition) is 5. The molecule has 0 bridgehead atoms. The zero-order valence-electron chi connectivity index (χ0n) is 14.1. The van der Waals surface area contributed by atoms with E-state index in [1.54, 1.807) is 0 Å². The van der Waals surface area contributed by atoms with Gasteiger partial charge < -0.3 is 5.32 Å². The number of nitrogens with one attached hydrogen (secondary N) is 1. The SMILES string of the molecule is O=C(Nc1ccc(F)cc1)c1nc(S(=O)(=O)Cc2ccccc2F)ncc1Cl. The second kappa shape index (κ2) is 7.99. The van der Waals surface area contributed by atoms with Gasteiger partial charge in [-0.25, -0.2) is 27.2 Å². The Bertz CT molecular complexity index is 1140. The van der Waals surface area contributed by atoms with E-state index < -0.39 is 38.3 Å². The van der Waals surface area contributed by atoms with Crippen molar-refractivity contribution in [3.05, 3.63) is 82.6 Å². The average molecular weight is 424 g/mol. The van der Waals surface area contributed by atoms with Crippen LogP contribution in [0.3, 0.4) is 0 Å². The maximum absolute atomic E-state index is 13.8. The molecule has 6 nitrogen and oxygen atoms in total. The highest BCUT2D eigenvalue weighted by atomic mass is 35.5. The highest BCUT2D eigenvalue weighted by Crippen LogP contribution is 2.20. The monoisotopic (exact) mass is 423 g/mol. The van der Waals surface area contributed by atoms with Gasteiger partial charge in [-0.1, -0.05) is 29.8 Å². The maximum Gasteiger partial charge on any atom is 0.275 e. The van der Waals surface area contributed by atoms with Gasteiger partial charge in [-0.15, -0.1) is 0 Å². The number of aromatic nitrogens is 2. The molecule has 1 N–H and O–H groups in total. The largest absolute Gasteiger partial charge is 0.321 e. The molecule has 144 valence electrons. The van der Waals surface area contributed by atoms with Crippen molar-refractivity contribution in [2.24, 2.45) is 0 Å². The summed E-state index contributed by atoms with van der Waals surface area (Å²) in [7, 11) is -4.14. The minimum atomic E-state index is -4.14. The summed E-state index contributed by atoms with van der Waals surface area (Å²) in [6, 6.07) is 10.3. The zero-order chi connectivity index (χ0) is 20.3. The fourth-order valence-corrected chi connectivity index (χ4v) is 3.66. The second-order valence-corrected chi connectivity index (χ2v) is 7.95. The van der Waals surface area contributed by atoms with Crippen LogP contribution in [0.2, 0.25) is 5.02 Å². The van der Waals surface area contributed by atoms with E-state index in [0.29, 0.717) is 0 Å². The molecule has 3 aromatic rings. The van der Waals surface area contributed by atoms with Crippen molar-refractivity contribution in [2.45, 2.75) is 10.9 Å². The lowest BCUT2D eigenvalue weighted by Crippen LogP contribution is -2.18. The Kier molecular flexibility index (Phi) is 5.66. The molecule has 2 aromatic carbocycles. The van der Waals surface area contributed by atoms with Crippen molar-refractivity contribution in [3.63, 3.8) is 0 Å². The molecule has 1 heterocycles. The molecule has 0 aliphatic heterocycles. The average Bonchev–Trinajstić information content (AvgIpc) is 2.65. The van der Waals surface area contributed by atoms with Crippen LogP contribution in [0.1, 0.15) is 16.1 Å². The maximum atomic E-state index is 13.8. The third kappa shape index (κ3) is 4.49. The number of rotatable bonds is 5. The summed E-state index contributed by atoms with van der Waals surface area (Å²) < 4.78 is 51.8. The van der Waals surface area contributed by atoms with E-state index in [2.05, 4.69) is 15.3 Å². The van der Waals surface area contributed by atoms with Gasteiger partial charge in [0.25, 0.3) is 5.91 Å². The number of hydrogen-bond donors (Lipinski definition) is 1. The van der Waals surface area contributed by atoms with Crippen LogP contribution >= 0.6 is 11.6 Å². The number of sulfone groups is 1. The molecule has 28 heavy (non-hydrogen) atoms. The molecular formula is C18H12ClF2N3O3S. The highest BCUT2D eigenvalue weighted by Gasteiger charge is 2.24. The van der Waals surface area contributed by atoms with E-state index in [-0.39, 0.29) is 22.0 Å². The van der Waals surface area contributed by atoms with E-state index in [1.807, 2.05) is 0 Å². The van der Waals surface area contributed by atoms with Crippen LogP contribution < -0.4 is 5.32 Å². The quantitative estimate of drug-likeness (QED) is 0.633. The Hall–Kier alpha value is -2.91. The molecule has 0 spiro atoms. The summed E-state index contributed by atoms with van der Waals surface area (Å²) in [5, 5.41) is 1.59. The lowest BCUT2D eigenvalue weighted by molar-refractivity contribution is 0.102. The molecule has 1 aromatic heterocycles. The molecule has 3 rings (SSSR count). The molecule has 10 heteroatoms. The molecule has 0 aliphatic rings. The summed E-state index contributed by atoms with van der Waals surface area (Å²) in [6.45, 7) is 0. The fourth-order valence-electron chi connectivity index (χ4n) is 2.27. The third-order valence-corrected chi connectivity index (χ3v) is 5.34. The smallest absolute Gasteiger partial charge is 0.275 e. The summed E-state index contributed by atoms with van der Waals surface area (Å²) in [5.74, 6) is -2.66. The van der Waals surface area contributed by atoms with Crippen LogP contribution in [-0.2, 0) is 15.6 Å². The predicted octanol–water partition coefficient (Wildman–Crippen LogP) is 3.63. The van der Waals surface area contributed by atoms with Crippen molar-refractivity contribution in [1.82, 2.24) is 9.97 Å². The Balaban J connectivity index is 1.89. The lowest BCUT2D eigenvalue weighted by atomic mass is 10.2. The first-order valence-corrected chi connectivity index (χ1v) is 9.85. The van der Waals surface area contributed by atoms with Gasteiger partial charge in [0.2, 0.25) is 15.0 Å². The molecule has 0 saturated heterocycles. The first kappa shape index (κ1) is 19.8. The number of benzene rings is 2. The Morgan fingerprint density at radius 2 is 1.75 bits per heavy atom. The van der Waals surface area contributed by atoms with Crippen molar-refractivity contribution in [2.75, 3.05) is 5.32 Å². The summed E-state index contributed by atoms with van der Waals surface area (Å²) in [4.78, 5) is 19.8. The first-order valence-electron chi connectivity index (χ1n) is 7.82. The summed E-state index contributed by atoms with van der Waals surface area (Å²) in [6.07, 6.45) is 0.975. The van der Waals surface area contributed by atoms with Crippen molar-refractivity contribution < 1.29 is 22.0 Å². The Morgan fingerprint density at radius 1 is 1.07 bits per heavy atom. The van der Waals surface area contributed by atoms with Crippen molar-refractivity contribution in [3.8, 4) is 0 Å². The number of nitrogens with zero attached hydrogens (tertiary/aromatic N) is 2. The molecule has 0 fully saturated rings. The van der Waals surface area contributed by atoms with E-state index in [0.717, 1.165) is 24.4 Å². The van der Waals surface area contributed by atoms with Crippen LogP contribution in [0.5, 0.6) is 0 Å².